The molecule has 0 fully saturated rings. The molecule has 1 rings (SSSR count). The molecule has 7 nitrogen and oxygen atoms in total. The zero-order chi connectivity index (χ0) is 17.6. The Bertz CT molecular complexity index is 420. The van der Waals surface area contributed by atoms with Crippen molar-refractivity contribution in [1.82, 2.24) is 21.3 Å². The van der Waals surface area contributed by atoms with Gasteiger partial charge in [0.1, 0.15) is 5.75 Å². The third-order valence-electron chi connectivity index (χ3n) is 3.58. The second-order valence-electron chi connectivity index (χ2n) is 5.73. The minimum atomic E-state index is 0.143. The quantitative estimate of drug-likeness (QED) is 0.219. The van der Waals surface area contributed by atoms with Crippen LogP contribution in [0, 0.1) is 6.92 Å². The zero-order valence-electron chi connectivity index (χ0n) is 14.6. The molecule has 0 aromatic heterocycles. The van der Waals surface area contributed by atoms with E-state index in [1.165, 1.54) is 0 Å². The van der Waals surface area contributed by atoms with E-state index >= 15 is 0 Å². The summed E-state index contributed by atoms with van der Waals surface area (Å²) in [5.74, 6) is 0.340. The van der Waals surface area contributed by atoms with Crippen LogP contribution in [0.1, 0.15) is 16.7 Å². The molecule has 0 aliphatic heterocycles. The number of aliphatic hydroxyl groups is 2. The monoisotopic (exact) mass is 340 g/mol. The first-order valence-electron chi connectivity index (χ1n) is 8.55. The number of benzene rings is 1. The van der Waals surface area contributed by atoms with Gasteiger partial charge in [-0.15, -0.1) is 0 Å². The van der Waals surface area contributed by atoms with Gasteiger partial charge in [-0.05, 0) is 6.92 Å². The largest absolute Gasteiger partial charge is 0.507 e. The molecular formula is C17H32N4O3. The fourth-order valence-corrected chi connectivity index (χ4v) is 2.41. The maximum absolute atomic E-state index is 10.4. The summed E-state index contributed by atoms with van der Waals surface area (Å²) < 4.78 is 0. The van der Waals surface area contributed by atoms with Crippen molar-refractivity contribution >= 4 is 0 Å². The number of nitrogens with one attached hydrogen (secondary N) is 4. The van der Waals surface area contributed by atoms with Gasteiger partial charge in [0.2, 0.25) is 0 Å². The summed E-state index contributed by atoms with van der Waals surface area (Å²) in [5, 5.41) is 40.6. The van der Waals surface area contributed by atoms with Crippen LogP contribution in [0.3, 0.4) is 0 Å². The minimum Gasteiger partial charge on any atom is -0.507 e. The maximum atomic E-state index is 10.4. The highest BCUT2D eigenvalue weighted by Gasteiger charge is 2.08. The third kappa shape index (κ3) is 8.58. The van der Waals surface area contributed by atoms with E-state index in [0.29, 0.717) is 31.9 Å². The fourth-order valence-electron chi connectivity index (χ4n) is 2.41. The summed E-state index contributed by atoms with van der Waals surface area (Å²) >= 11 is 0. The van der Waals surface area contributed by atoms with E-state index in [-0.39, 0.29) is 13.2 Å². The van der Waals surface area contributed by atoms with Gasteiger partial charge in [-0.25, -0.2) is 0 Å². The first-order chi connectivity index (χ1) is 11.7. The van der Waals surface area contributed by atoms with Crippen molar-refractivity contribution in [2.45, 2.75) is 20.0 Å². The van der Waals surface area contributed by atoms with Crippen LogP contribution < -0.4 is 21.3 Å². The topological polar surface area (TPSA) is 109 Å². The average Bonchev–Trinajstić information content (AvgIpc) is 2.57. The van der Waals surface area contributed by atoms with Crippen LogP contribution in [0.25, 0.3) is 0 Å². The predicted octanol–water partition coefficient (Wildman–Crippen LogP) is -0.956. The van der Waals surface area contributed by atoms with Gasteiger partial charge in [0.05, 0.1) is 13.2 Å². The van der Waals surface area contributed by atoms with Gasteiger partial charge in [0, 0.05) is 63.5 Å². The highest BCUT2D eigenvalue weighted by molar-refractivity contribution is 5.43. The Labute approximate surface area is 144 Å². The second-order valence-corrected chi connectivity index (χ2v) is 5.73. The fraction of sp³-hybridized carbons (Fsp3) is 0.647. The summed E-state index contributed by atoms with van der Waals surface area (Å²) in [7, 11) is 0. The van der Waals surface area contributed by atoms with Crippen molar-refractivity contribution in [3.63, 3.8) is 0 Å². The molecule has 7 heteroatoms. The van der Waals surface area contributed by atoms with Crippen molar-refractivity contribution in [3.05, 3.63) is 28.8 Å². The molecule has 0 heterocycles. The molecule has 138 valence electrons. The predicted molar refractivity (Wildman–Crippen MR) is 96.2 cm³/mol. The van der Waals surface area contributed by atoms with E-state index in [9.17, 15) is 5.11 Å². The Hall–Kier alpha value is -1.22. The van der Waals surface area contributed by atoms with Crippen molar-refractivity contribution in [2.75, 3.05) is 52.5 Å². The summed E-state index contributed by atoms with van der Waals surface area (Å²) in [5.41, 5.74) is 2.91. The van der Waals surface area contributed by atoms with Crippen LogP contribution in [0.5, 0.6) is 5.75 Å². The summed E-state index contributed by atoms with van der Waals surface area (Å²) in [6, 6.07) is 3.99. The third-order valence-corrected chi connectivity index (χ3v) is 3.58. The van der Waals surface area contributed by atoms with E-state index in [2.05, 4.69) is 21.3 Å². The zero-order valence-corrected chi connectivity index (χ0v) is 14.6. The smallest absolute Gasteiger partial charge is 0.124 e. The molecule has 0 unspecified atom stereocenters. The summed E-state index contributed by atoms with van der Waals surface area (Å²) in [4.78, 5) is 0. The van der Waals surface area contributed by atoms with E-state index in [1.54, 1.807) is 0 Å². The molecule has 24 heavy (non-hydrogen) atoms. The summed E-state index contributed by atoms with van der Waals surface area (Å²) in [6.07, 6.45) is 0. The van der Waals surface area contributed by atoms with Crippen LogP contribution >= 0.6 is 0 Å². The average molecular weight is 340 g/mol. The van der Waals surface area contributed by atoms with Gasteiger partial charge < -0.3 is 36.6 Å². The van der Waals surface area contributed by atoms with Crippen LogP contribution in [0.15, 0.2) is 12.1 Å². The molecule has 0 radical (unpaired) electrons. The first kappa shape index (κ1) is 20.8. The Morgan fingerprint density at radius 3 is 1.54 bits per heavy atom. The Kier molecular flexibility index (Phi) is 11.4. The molecule has 0 atom stereocenters. The molecule has 1 aromatic rings. The lowest BCUT2D eigenvalue weighted by molar-refractivity contribution is 0.292. The molecule has 0 bridgehead atoms. The van der Waals surface area contributed by atoms with Crippen molar-refractivity contribution in [2.24, 2.45) is 0 Å². The van der Waals surface area contributed by atoms with E-state index in [0.717, 1.165) is 42.9 Å². The number of rotatable bonds is 14. The Morgan fingerprint density at radius 2 is 1.12 bits per heavy atom. The number of phenols is 1. The highest BCUT2D eigenvalue weighted by atomic mass is 16.3. The van der Waals surface area contributed by atoms with Gasteiger partial charge >= 0.3 is 0 Å². The lowest BCUT2D eigenvalue weighted by Crippen LogP contribution is -2.29. The van der Waals surface area contributed by atoms with Crippen LogP contribution in [-0.2, 0) is 13.1 Å². The van der Waals surface area contributed by atoms with Crippen molar-refractivity contribution < 1.29 is 15.3 Å². The number of phenolic OH excluding ortho intramolecular Hbond substituents is 1. The van der Waals surface area contributed by atoms with Gasteiger partial charge in [-0.1, -0.05) is 17.7 Å². The van der Waals surface area contributed by atoms with Gasteiger partial charge in [-0.2, -0.15) is 0 Å². The standard InChI is InChI=1S/C17H32N4O3/c1-14-10-15(12-20-4-2-18-6-8-22)17(24)16(11-14)13-21-5-3-19-7-9-23/h10-11,18-24H,2-9,12-13H2,1H3. The van der Waals surface area contributed by atoms with Crippen molar-refractivity contribution in [3.8, 4) is 5.75 Å². The van der Waals surface area contributed by atoms with Gasteiger partial charge in [0.25, 0.3) is 0 Å². The summed E-state index contributed by atoms with van der Waals surface area (Å²) in [6.45, 7) is 7.84. The molecule has 7 N–H and O–H groups in total. The molecule has 0 spiro atoms. The molecule has 0 aliphatic rings. The second kappa shape index (κ2) is 13.1. The van der Waals surface area contributed by atoms with Crippen LogP contribution in [-0.4, -0.2) is 67.8 Å². The SMILES string of the molecule is Cc1cc(CNCCNCCO)c(O)c(CNCCNCCO)c1. The molecule has 0 amide bonds. The van der Waals surface area contributed by atoms with Gasteiger partial charge in [-0.3, -0.25) is 0 Å². The lowest BCUT2D eigenvalue weighted by Gasteiger charge is -2.13. The van der Waals surface area contributed by atoms with Crippen LogP contribution in [0.4, 0.5) is 0 Å². The first-order valence-corrected chi connectivity index (χ1v) is 8.55. The number of aromatic hydroxyl groups is 1. The van der Waals surface area contributed by atoms with E-state index in [1.807, 2.05) is 19.1 Å². The maximum Gasteiger partial charge on any atom is 0.124 e. The van der Waals surface area contributed by atoms with Crippen LogP contribution in [0.2, 0.25) is 0 Å². The molecule has 0 aliphatic carbocycles. The molecular weight excluding hydrogens is 308 g/mol. The Morgan fingerprint density at radius 1 is 0.708 bits per heavy atom. The van der Waals surface area contributed by atoms with E-state index in [4.69, 9.17) is 10.2 Å². The normalized spacial score (nSPS) is 11.1. The number of aryl methyl sites for hydroxylation is 1. The minimum absolute atomic E-state index is 0.143. The van der Waals surface area contributed by atoms with Crippen molar-refractivity contribution in [1.29, 1.82) is 0 Å². The van der Waals surface area contributed by atoms with Gasteiger partial charge in [0.15, 0.2) is 0 Å². The number of hydrogen-bond donors (Lipinski definition) is 7. The molecule has 1 aromatic carbocycles. The molecule has 0 saturated heterocycles. The number of hydrogen-bond acceptors (Lipinski definition) is 7. The lowest BCUT2D eigenvalue weighted by atomic mass is 10.0. The van der Waals surface area contributed by atoms with E-state index < -0.39 is 0 Å². The highest BCUT2D eigenvalue weighted by Crippen LogP contribution is 2.24. The Balaban J connectivity index is 2.39. The molecule has 0 saturated carbocycles. The number of aliphatic hydroxyl groups excluding tert-OH is 2.